The van der Waals surface area contributed by atoms with Gasteiger partial charge in [0.15, 0.2) is 5.78 Å². The lowest BCUT2D eigenvalue weighted by Crippen LogP contribution is -2.09. The smallest absolute Gasteiger partial charge is 0.217 e. The zero-order valence-electron chi connectivity index (χ0n) is 11.8. The topological polar surface area (TPSA) is 60.2 Å². The molecule has 0 saturated heterocycles. The Bertz CT molecular complexity index is 421. The van der Waals surface area contributed by atoms with Crippen LogP contribution in [0.25, 0.3) is 0 Å². The molecule has 0 spiro atoms. The minimum atomic E-state index is -0.268. The predicted molar refractivity (Wildman–Crippen MR) is 77.1 cm³/mol. The highest BCUT2D eigenvalue weighted by atomic mass is 16.1. The fourth-order valence-corrected chi connectivity index (χ4v) is 1.96. The summed E-state index contributed by atoms with van der Waals surface area (Å²) in [7, 11) is 0. The molecule has 19 heavy (non-hydrogen) atoms. The van der Waals surface area contributed by atoms with Crippen LogP contribution in [0, 0.1) is 0 Å². The second-order valence-corrected chi connectivity index (χ2v) is 5.23. The first-order valence-corrected chi connectivity index (χ1v) is 6.92. The fourth-order valence-electron chi connectivity index (χ4n) is 1.96. The highest BCUT2D eigenvalue weighted by Crippen LogP contribution is 2.16. The first kappa shape index (κ1) is 15.4. The number of unbranched alkanes of at least 4 members (excludes halogenated alkanes) is 2. The van der Waals surface area contributed by atoms with Crippen molar-refractivity contribution in [1.82, 2.24) is 0 Å². The van der Waals surface area contributed by atoms with Crippen LogP contribution in [0.3, 0.4) is 0 Å². The lowest BCUT2D eigenvalue weighted by Gasteiger charge is -2.06. The maximum absolute atomic E-state index is 11.9. The summed E-state index contributed by atoms with van der Waals surface area (Å²) in [6, 6.07) is 7.85. The quantitative estimate of drug-likeness (QED) is 0.575. The molecule has 0 saturated carbocycles. The largest absolute Gasteiger partial charge is 0.370 e. The van der Waals surface area contributed by atoms with E-state index >= 15 is 0 Å². The molecule has 0 unspecified atom stereocenters. The Morgan fingerprint density at radius 2 is 1.58 bits per heavy atom. The number of ketones is 1. The number of carbonyl (C=O) groups excluding carboxylic acids is 2. The van der Waals surface area contributed by atoms with Crippen molar-refractivity contribution in [2.75, 3.05) is 0 Å². The van der Waals surface area contributed by atoms with Gasteiger partial charge in [-0.25, -0.2) is 0 Å². The standard InChI is InChI=1S/C16H23NO2/c1-12(2)13-8-10-14(11-9-13)15(18)6-4-3-5-7-16(17)19/h8-12H,3-7H2,1-2H3,(H2,17,19). The first-order chi connectivity index (χ1) is 9.00. The van der Waals surface area contributed by atoms with Gasteiger partial charge in [-0.15, -0.1) is 0 Å². The van der Waals surface area contributed by atoms with Crippen LogP contribution in [-0.2, 0) is 4.79 Å². The van der Waals surface area contributed by atoms with Gasteiger partial charge in [0.1, 0.15) is 0 Å². The van der Waals surface area contributed by atoms with Crippen molar-refractivity contribution in [3.8, 4) is 0 Å². The van der Waals surface area contributed by atoms with E-state index in [1.54, 1.807) is 0 Å². The van der Waals surface area contributed by atoms with Crippen molar-refractivity contribution in [3.63, 3.8) is 0 Å². The second-order valence-electron chi connectivity index (χ2n) is 5.23. The van der Waals surface area contributed by atoms with E-state index in [-0.39, 0.29) is 11.7 Å². The van der Waals surface area contributed by atoms with Crippen molar-refractivity contribution in [3.05, 3.63) is 35.4 Å². The molecule has 0 aromatic heterocycles. The number of nitrogens with two attached hydrogens (primary N) is 1. The van der Waals surface area contributed by atoms with Gasteiger partial charge in [0, 0.05) is 18.4 Å². The summed E-state index contributed by atoms with van der Waals surface area (Å²) in [4.78, 5) is 22.5. The number of carbonyl (C=O) groups is 2. The number of Topliss-reactive ketones (excluding diaryl/α,β-unsaturated/α-hetero) is 1. The van der Waals surface area contributed by atoms with Gasteiger partial charge < -0.3 is 5.73 Å². The van der Waals surface area contributed by atoms with Crippen molar-refractivity contribution >= 4 is 11.7 Å². The van der Waals surface area contributed by atoms with Crippen LogP contribution in [0.4, 0.5) is 0 Å². The lowest BCUT2D eigenvalue weighted by atomic mass is 9.98. The van der Waals surface area contributed by atoms with Crippen molar-refractivity contribution in [2.45, 2.75) is 51.9 Å². The van der Waals surface area contributed by atoms with E-state index < -0.39 is 0 Å². The molecule has 3 heteroatoms. The van der Waals surface area contributed by atoms with Crippen LogP contribution in [-0.4, -0.2) is 11.7 Å². The Balaban J connectivity index is 2.35. The molecule has 0 fully saturated rings. The molecule has 0 aliphatic rings. The number of primary amides is 1. The summed E-state index contributed by atoms with van der Waals surface area (Å²) in [5.74, 6) is 0.392. The molecular formula is C16H23NO2. The maximum Gasteiger partial charge on any atom is 0.217 e. The number of rotatable bonds is 8. The van der Waals surface area contributed by atoms with Crippen LogP contribution >= 0.6 is 0 Å². The summed E-state index contributed by atoms with van der Waals surface area (Å²) in [5, 5.41) is 0. The molecule has 1 amide bonds. The van der Waals surface area contributed by atoms with Crippen LogP contribution in [0.1, 0.15) is 67.8 Å². The normalized spacial score (nSPS) is 10.7. The molecule has 1 rings (SSSR count). The van der Waals surface area contributed by atoms with E-state index in [0.29, 0.717) is 18.8 Å². The summed E-state index contributed by atoms with van der Waals surface area (Å²) in [6.45, 7) is 4.27. The average Bonchev–Trinajstić information content (AvgIpc) is 2.37. The van der Waals surface area contributed by atoms with Crippen molar-refractivity contribution < 1.29 is 9.59 Å². The second kappa shape index (κ2) is 7.72. The number of benzene rings is 1. The third-order valence-electron chi connectivity index (χ3n) is 3.23. The Kier molecular flexibility index (Phi) is 6.26. The summed E-state index contributed by atoms with van der Waals surface area (Å²) in [5.41, 5.74) is 7.08. The molecule has 0 aliphatic heterocycles. The van der Waals surface area contributed by atoms with E-state index in [1.807, 2.05) is 24.3 Å². The van der Waals surface area contributed by atoms with E-state index in [4.69, 9.17) is 5.73 Å². The Labute approximate surface area is 115 Å². The molecular weight excluding hydrogens is 238 g/mol. The Morgan fingerprint density at radius 1 is 1.00 bits per heavy atom. The highest BCUT2D eigenvalue weighted by Gasteiger charge is 2.06. The molecule has 104 valence electrons. The summed E-state index contributed by atoms with van der Waals surface area (Å²) < 4.78 is 0. The van der Waals surface area contributed by atoms with Gasteiger partial charge in [-0.1, -0.05) is 44.5 Å². The molecule has 0 aliphatic carbocycles. The van der Waals surface area contributed by atoms with Gasteiger partial charge in [-0.2, -0.15) is 0 Å². The van der Waals surface area contributed by atoms with Crippen LogP contribution in [0.2, 0.25) is 0 Å². The zero-order valence-corrected chi connectivity index (χ0v) is 11.8. The molecule has 0 radical (unpaired) electrons. The minimum absolute atomic E-state index is 0.175. The maximum atomic E-state index is 11.9. The highest BCUT2D eigenvalue weighted by molar-refractivity contribution is 5.96. The van der Waals surface area contributed by atoms with Crippen LogP contribution in [0.5, 0.6) is 0 Å². The van der Waals surface area contributed by atoms with Gasteiger partial charge in [0.25, 0.3) is 0 Å². The van der Waals surface area contributed by atoms with E-state index in [1.165, 1.54) is 5.56 Å². The summed E-state index contributed by atoms with van der Waals surface area (Å²) >= 11 is 0. The minimum Gasteiger partial charge on any atom is -0.370 e. The summed E-state index contributed by atoms with van der Waals surface area (Å²) in [6.07, 6.45) is 3.42. The van der Waals surface area contributed by atoms with Crippen molar-refractivity contribution in [1.29, 1.82) is 0 Å². The molecule has 1 aromatic carbocycles. The first-order valence-electron chi connectivity index (χ1n) is 6.92. The molecule has 0 bridgehead atoms. The number of amides is 1. The average molecular weight is 261 g/mol. The Morgan fingerprint density at radius 3 is 2.11 bits per heavy atom. The lowest BCUT2D eigenvalue weighted by molar-refractivity contribution is -0.118. The fraction of sp³-hybridized carbons (Fsp3) is 0.500. The van der Waals surface area contributed by atoms with Gasteiger partial charge >= 0.3 is 0 Å². The monoisotopic (exact) mass is 261 g/mol. The zero-order chi connectivity index (χ0) is 14.3. The van der Waals surface area contributed by atoms with Gasteiger partial charge in [0.05, 0.1) is 0 Å². The molecule has 0 heterocycles. The van der Waals surface area contributed by atoms with E-state index in [2.05, 4.69) is 13.8 Å². The number of hydrogen-bond acceptors (Lipinski definition) is 2. The van der Waals surface area contributed by atoms with Crippen LogP contribution in [0.15, 0.2) is 24.3 Å². The molecule has 2 N–H and O–H groups in total. The van der Waals surface area contributed by atoms with E-state index in [9.17, 15) is 9.59 Å². The van der Waals surface area contributed by atoms with E-state index in [0.717, 1.165) is 24.8 Å². The van der Waals surface area contributed by atoms with Gasteiger partial charge in [-0.05, 0) is 24.3 Å². The van der Waals surface area contributed by atoms with Crippen LogP contribution < -0.4 is 5.73 Å². The molecule has 3 nitrogen and oxygen atoms in total. The Hall–Kier alpha value is -1.64. The third kappa shape index (κ3) is 5.69. The predicted octanol–water partition coefficient (Wildman–Crippen LogP) is 3.43. The third-order valence-corrected chi connectivity index (χ3v) is 3.23. The SMILES string of the molecule is CC(C)c1ccc(C(=O)CCCCCC(N)=O)cc1. The molecule has 1 aromatic rings. The van der Waals surface area contributed by atoms with Gasteiger partial charge in [-0.3, -0.25) is 9.59 Å². The number of hydrogen-bond donors (Lipinski definition) is 1. The van der Waals surface area contributed by atoms with Crippen molar-refractivity contribution in [2.24, 2.45) is 5.73 Å². The molecule has 0 atom stereocenters. The van der Waals surface area contributed by atoms with Gasteiger partial charge in [0.2, 0.25) is 5.91 Å².